The Bertz CT molecular complexity index is 255. The van der Waals surface area contributed by atoms with Gasteiger partial charge in [-0.3, -0.25) is 4.79 Å². The molecule has 2 heteroatoms. The van der Waals surface area contributed by atoms with Gasteiger partial charge in [0.25, 0.3) is 0 Å². The summed E-state index contributed by atoms with van der Waals surface area (Å²) in [6, 6.07) is 0. The van der Waals surface area contributed by atoms with Crippen LogP contribution in [0.1, 0.15) is 32.6 Å². The Morgan fingerprint density at radius 3 is 3.08 bits per heavy atom. The fraction of sp³-hybridized carbons (Fsp3) is 0.727. The fourth-order valence-corrected chi connectivity index (χ4v) is 2.47. The minimum Gasteiger partial charge on any atom is -0.393 e. The van der Waals surface area contributed by atoms with Crippen LogP contribution in [0.5, 0.6) is 0 Å². The van der Waals surface area contributed by atoms with E-state index < -0.39 is 0 Å². The Labute approximate surface area is 78.6 Å². The predicted molar refractivity (Wildman–Crippen MR) is 50.2 cm³/mol. The van der Waals surface area contributed by atoms with Gasteiger partial charge in [0.1, 0.15) is 0 Å². The standard InChI is InChI=1S/C11H16O2/c1-7-2-4-9-10(7)6-8(12)3-5-11(9)13/h4,7-8,10,12H,2-3,5-6H2,1H3/t7-,8+,10-/m1/s1. The first-order chi connectivity index (χ1) is 6.18. The molecular formula is C11H16O2. The summed E-state index contributed by atoms with van der Waals surface area (Å²) in [6.07, 6.45) is 4.81. The maximum Gasteiger partial charge on any atom is 0.158 e. The molecule has 2 nitrogen and oxygen atoms in total. The highest BCUT2D eigenvalue weighted by molar-refractivity contribution is 5.96. The summed E-state index contributed by atoms with van der Waals surface area (Å²) < 4.78 is 0. The zero-order chi connectivity index (χ0) is 9.42. The molecule has 1 N–H and O–H groups in total. The van der Waals surface area contributed by atoms with Crippen molar-refractivity contribution in [1.82, 2.24) is 0 Å². The molecule has 0 heterocycles. The van der Waals surface area contributed by atoms with Crippen molar-refractivity contribution in [1.29, 1.82) is 0 Å². The van der Waals surface area contributed by atoms with Crippen LogP contribution in [0.25, 0.3) is 0 Å². The number of aliphatic hydroxyl groups excluding tert-OH is 1. The van der Waals surface area contributed by atoms with E-state index in [9.17, 15) is 9.90 Å². The van der Waals surface area contributed by atoms with Crippen LogP contribution in [0.4, 0.5) is 0 Å². The molecule has 0 aromatic carbocycles. The van der Waals surface area contributed by atoms with Gasteiger partial charge in [-0.05, 0) is 36.7 Å². The van der Waals surface area contributed by atoms with E-state index in [2.05, 4.69) is 13.0 Å². The molecule has 0 aromatic heterocycles. The van der Waals surface area contributed by atoms with Gasteiger partial charge in [-0.15, -0.1) is 0 Å². The molecule has 2 rings (SSSR count). The average molecular weight is 180 g/mol. The van der Waals surface area contributed by atoms with Crippen molar-refractivity contribution >= 4 is 5.78 Å². The highest BCUT2D eigenvalue weighted by Gasteiger charge is 2.34. The lowest BCUT2D eigenvalue weighted by Gasteiger charge is -2.18. The lowest BCUT2D eigenvalue weighted by molar-refractivity contribution is -0.116. The van der Waals surface area contributed by atoms with Gasteiger partial charge >= 0.3 is 0 Å². The molecule has 13 heavy (non-hydrogen) atoms. The lowest BCUT2D eigenvalue weighted by atomic mass is 9.88. The topological polar surface area (TPSA) is 37.3 Å². The number of ketones is 1. The van der Waals surface area contributed by atoms with Crippen molar-refractivity contribution in [3.63, 3.8) is 0 Å². The minimum absolute atomic E-state index is 0.264. The summed E-state index contributed by atoms with van der Waals surface area (Å²) in [5.74, 6) is 1.16. The Morgan fingerprint density at radius 1 is 1.54 bits per heavy atom. The zero-order valence-electron chi connectivity index (χ0n) is 7.99. The van der Waals surface area contributed by atoms with Gasteiger partial charge in [0, 0.05) is 6.42 Å². The first-order valence-corrected chi connectivity index (χ1v) is 5.10. The number of carbonyl (C=O) groups is 1. The molecule has 0 radical (unpaired) electrons. The predicted octanol–water partition coefficient (Wildman–Crippen LogP) is 1.68. The second kappa shape index (κ2) is 3.26. The Balaban J connectivity index is 2.22. The zero-order valence-corrected chi connectivity index (χ0v) is 7.99. The summed E-state index contributed by atoms with van der Waals surface area (Å²) in [4.78, 5) is 11.6. The van der Waals surface area contributed by atoms with Gasteiger partial charge in [0.2, 0.25) is 0 Å². The second-order valence-electron chi connectivity index (χ2n) is 4.33. The molecule has 0 aliphatic heterocycles. The molecular weight excluding hydrogens is 164 g/mol. The molecule has 3 atom stereocenters. The number of fused-ring (bicyclic) bond motifs is 1. The smallest absolute Gasteiger partial charge is 0.158 e. The molecule has 2 aliphatic carbocycles. The molecule has 2 aliphatic rings. The monoisotopic (exact) mass is 180 g/mol. The maximum atomic E-state index is 11.6. The van der Waals surface area contributed by atoms with Crippen LogP contribution in [-0.4, -0.2) is 17.0 Å². The van der Waals surface area contributed by atoms with E-state index in [0.29, 0.717) is 24.7 Å². The van der Waals surface area contributed by atoms with E-state index >= 15 is 0 Å². The summed E-state index contributed by atoms with van der Waals surface area (Å²) in [6.45, 7) is 2.17. The first-order valence-electron chi connectivity index (χ1n) is 5.10. The number of rotatable bonds is 0. The number of carbonyl (C=O) groups excluding carboxylic acids is 1. The molecule has 1 fully saturated rings. The van der Waals surface area contributed by atoms with Crippen molar-refractivity contribution in [3.8, 4) is 0 Å². The highest BCUT2D eigenvalue weighted by Crippen LogP contribution is 2.38. The molecule has 1 saturated carbocycles. The van der Waals surface area contributed by atoms with Crippen LogP contribution in [-0.2, 0) is 4.79 Å². The first kappa shape index (κ1) is 8.95. The van der Waals surface area contributed by atoms with Crippen LogP contribution in [0, 0.1) is 11.8 Å². The number of Topliss-reactive ketones (excluding diaryl/α,β-unsaturated/α-hetero) is 1. The van der Waals surface area contributed by atoms with E-state index in [1.807, 2.05) is 0 Å². The third kappa shape index (κ3) is 1.55. The number of allylic oxidation sites excluding steroid dienone is 2. The summed E-state index contributed by atoms with van der Waals surface area (Å²) in [5, 5.41) is 9.59. The van der Waals surface area contributed by atoms with Gasteiger partial charge < -0.3 is 5.11 Å². The molecule has 0 aromatic rings. The van der Waals surface area contributed by atoms with Crippen molar-refractivity contribution in [3.05, 3.63) is 11.6 Å². The van der Waals surface area contributed by atoms with Gasteiger partial charge in [-0.1, -0.05) is 13.0 Å². The maximum absolute atomic E-state index is 11.6. The van der Waals surface area contributed by atoms with Crippen LogP contribution < -0.4 is 0 Å². The molecule has 0 unspecified atom stereocenters. The number of aliphatic hydroxyl groups is 1. The van der Waals surface area contributed by atoms with Gasteiger partial charge in [0.15, 0.2) is 5.78 Å². The Hall–Kier alpha value is -0.630. The quantitative estimate of drug-likeness (QED) is 0.616. The molecule has 0 bridgehead atoms. The molecule has 72 valence electrons. The summed E-state index contributed by atoms with van der Waals surface area (Å²) >= 11 is 0. The highest BCUT2D eigenvalue weighted by atomic mass is 16.3. The Kier molecular flexibility index (Phi) is 2.24. The third-order valence-electron chi connectivity index (χ3n) is 3.35. The van der Waals surface area contributed by atoms with E-state index in [4.69, 9.17) is 0 Å². The van der Waals surface area contributed by atoms with Crippen LogP contribution in [0.3, 0.4) is 0 Å². The SMILES string of the molecule is C[C@@H]1CC=C2C(=O)CC[C@H](O)C[C@@H]21. The molecule has 0 amide bonds. The van der Waals surface area contributed by atoms with E-state index in [0.717, 1.165) is 18.4 Å². The molecule has 0 spiro atoms. The normalized spacial score (nSPS) is 39.7. The van der Waals surface area contributed by atoms with E-state index in [-0.39, 0.29) is 11.9 Å². The molecule has 0 saturated heterocycles. The number of hydrogen-bond donors (Lipinski definition) is 1. The average Bonchev–Trinajstić information content (AvgIpc) is 2.37. The van der Waals surface area contributed by atoms with Crippen molar-refractivity contribution in [2.75, 3.05) is 0 Å². The van der Waals surface area contributed by atoms with Crippen molar-refractivity contribution < 1.29 is 9.90 Å². The summed E-state index contributed by atoms with van der Waals surface area (Å²) in [5.41, 5.74) is 1.00. The van der Waals surface area contributed by atoms with Gasteiger partial charge in [0.05, 0.1) is 6.10 Å². The van der Waals surface area contributed by atoms with Crippen LogP contribution in [0.2, 0.25) is 0 Å². The largest absolute Gasteiger partial charge is 0.393 e. The second-order valence-corrected chi connectivity index (χ2v) is 4.33. The third-order valence-corrected chi connectivity index (χ3v) is 3.35. The Morgan fingerprint density at radius 2 is 2.31 bits per heavy atom. The fourth-order valence-electron chi connectivity index (χ4n) is 2.47. The van der Waals surface area contributed by atoms with E-state index in [1.54, 1.807) is 0 Å². The van der Waals surface area contributed by atoms with Crippen LogP contribution >= 0.6 is 0 Å². The van der Waals surface area contributed by atoms with Crippen molar-refractivity contribution in [2.45, 2.75) is 38.7 Å². The minimum atomic E-state index is -0.264. The lowest BCUT2D eigenvalue weighted by Crippen LogP contribution is -2.15. The van der Waals surface area contributed by atoms with Gasteiger partial charge in [-0.25, -0.2) is 0 Å². The summed E-state index contributed by atoms with van der Waals surface area (Å²) in [7, 11) is 0. The number of hydrogen-bond acceptors (Lipinski definition) is 2. The van der Waals surface area contributed by atoms with Crippen LogP contribution in [0.15, 0.2) is 11.6 Å². The van der Waals surface area contributed by atoms with Gasteiger partial charge in [-0.2, -0.15) is 0 Å². The van der Waals surface area contributed by atoms with Crippen molar-refractivity contribution in [2.24, 2.45) is 11.8 Å². The van der Waals surface area contributed by atoms with E-state index in [1.165, 1.54) is 0 Å².